The number of amides is 1. The van der Waals surface area contributed by atoms with Crippen molar-refractivity contribution in [2.45, 2.75) is 13.0 Å². The van der Waals surface area contributed by atoms with Gasteiger partial charge in [0.2, 0.25) is 0 Å². The standard InChI is InChI=1S/C20H18N2O7/c1-3-29-20(25)16-17(12-4-10-15(28-2)11-5-12)21(19(24)18(16)23)13-6-8-14(9-7-13)22(26)27/h4-11,17,23H,3H2,1-2H3/t17-/m1/s1. The lowest BCUT2D eigenvalue weighted by Gasteiger charge is -2.26. The van der Waals surface area contributed by atoms with Crippen LogP contribution < -0.4 is 9.64 Å². The zero-order valence-electron chi connectivity index (χ0n) is 15.7. The molecule has 0 radical (unpaired) electrons. The van der Waals surface area contributed by atoms with Crippen LogP contribution in [0.2, 0.25) is 0 Å². The van der Waals surface area contributed by atoms with E-state index in [2.05, 4.69) is 0 Å². The van der Waals surface area contributed by atoms with Gasteiger partial charge in [0.05, 0.1) is 24.7 Å². The largest absolute Gasteiger partial charge is 0.503 e. The van der Waals surface area contributed by atoms with Gasteiger partial charge in [-0.15, -0.1) is 0 Å². The molecule has 1 heterocycles. The van der Waals surface area contributed by atoms with Gasteiger partial charge >= 0.3 is 5.97 Å². The minimum atomic E-state index is -0.964. The number of esters is 1. The summed E-state index contributed by atoms with van der Waals surface area (Å²) in [6.07, 6.45) is 0. The van der Waals surface area contributed by atoms with E-state index < -0.39 is 28.6 Å². The number of nitrogens with zero attached hydrogens (tertiary/aromatic N) is 2. The minimum absolute atomic E-state index is 0.0661. The molecule has 0 saturated carbocycles. The van der Waals surface area contributed by atoms with Crippen LogP contribution in [-0.2, 0) is 14.3 Å². The van der Waals surface area contributed by atoms with Gasteiger partial charge in [-0.1, -0.05) is 12.1 Å². The van der Waals surface area contributed by atoms with Gasteiger partial charge in [-0.2, -0.15) is 0 Å². The van der Waals surface area contributed by atoms with Gasteiger partial charge in [0.15, 0.2) is 5.76 Å². The highest BCUT2D eigenvalue weighted by molar-refractivity contribution is 6.15. The second-order valence-corrected chi connectivity index (χ2v) is 6.11. The van der Waals surface area contributed by atoms with Crippen molar-refractivity contribution < 1.29 is 29.1 Å². The molecule has 1 N–H and O–H groups in total. The molecule has 29 heavy (non-hydrogen) atoms. The van der Waals surface area contributed by atoms with Crippen molar-refractivity contribution in [2.24, 2.45) is 0 Å². The van der Waals surface area contributed by atoms with Crippen molar-refractivity contribution in [3.8, 4) is 5.75 Å². The Labute approximate surface area is 165 Å². The zero-order valence-corrected chi connectivity index (χ0v) is 15.7. The molecule has 9 nitrogen and oxygen atoms in total. The number of methoxy groups -OCH3 is 1. The number of aliphatic hydroxyl groups is 1. The van der Waals surface area contributed by atoms with E-state index in [0.29, 0.717) is 11.3 Å². The van der Waals surface area contributed by atoms with Crippen molar-refractivity contribution in [3.05, 3.63) is 75.5 Å². The Morgan fingerprint density at radius 3 is 2.31 bits per heavy atom. The van der Waals surface area contributed by atoms with Crippen LogP contribution in [0.25, 0.3) is 0 Å². The molecular formula is C20H18N2O7. The third kappa shape index (κ3) is 3.62. The van der Waals surface area contributed by atoms with Gasteiger partial charge in [0.1, 0.15) is 11.3 Å². The van der Waals surface area contributed by atoms with Crippen molar-refractivity contribution in [1.82, 2.24) is 0 Å². The predicted octanol–water partition coefficient (Wildman–Crippen LogP) is 3.07. The number of anilines is 1. The molecule has 0 aromatic heterocycles. The van der Waals surface area contributed by atoms with Crippen LogP contribution in [0.3, 0.4) is 0 Å². The smallest absolute Gasteiger partial charge is 0.340 e. The van der Waals surface area contributed by atoms with Crippen molar-refractivity contribution >= 4 is 23.3 Å². The number of benzene rings is 2. The van der Waals surface area contributed by atoms with Gasteiger partial charge in [-0.05, 0) is 36.8 Å². The first kappa shape index (κ1) is 19.9. The van der Waals surface area contributed by atoms with Gasteiger partial charge in [-0.3, -0.25) is 19.8 Å². The third-order valence-corrected chi connectivity index (χ3v) is 4.47. The highest BCUT2D eigenvalue weighted by Gasteiger charge is 2.45. The van der Waals surface area contributed by atoms with E-state index in [4.69, 9.17) is 9.47 Å². The number of aliphatic hydroxyl groups excluding tert-OH is 1. The number of nitro groups is 1. The third-order valence-electron chi connectivity index (χ3n) is 4.47. The van der Waals surface area contributed by atoms with Crippen LogP contribution in [0.5, 0.6) is 5.75 Å². The summed E-state index contributed by atoms with van der Waals surface area (Å²) in [7, 11) is 1.51. The topological polar surface area (TPSA) is 119 Å². The number of non-ortho nitro benzene ring substituents is 1. The molecule has 1 aliphatic rings. The number of rotatable bonds is 6. The summed E-state index contributed by atoms with van der Waals surface area (Å²) in [6, 6.07) is 10.9. The van der Waals surface area contributed by atoms with Crippen LogP contribution in [0, 0.1) is 10.1 Å². The molecule has 150 valence electrons. The Kier molecular flexibility index (Phi) is 5.49. The Morgan fingerprint density at radius 1 is 1.17 bits per heavy atom. The maximum Gasteiger partial charge on any atom is 0.340 e. The van der Waals surface area contributed by atoms with Crippen LogP contribution in [0.1, 0.15) is 18.5 Å². The summed E-state index contributed by atoms with van der Waals surface area (Å²) in [6.45, 7) is 1.68. The highest BCUT2D eigenvalue weighted by Crippen LogP contribution is 2.41. The summed E-state index contributed by atoms with van der Waals surface area (Å²) in [5.41, 5.74) is 0.474. The normalized spacial score (nSPS) is 16.1. The van der Waals surface area contributed by atoms with Crippen LogP contribution in [0.15, 0.2) is 59.9 Å². The van der Waals surface area contributed by atoms with Crippen molar-refractivity contribution in [2.75, 3.05) is 18.6 Å². The molecule has 2 aromatic rings. The van der Waals surface area contributed by atoms with E-state index in [0.717, 1.165) is 0 Å². The number of hydrogen-bond donors (Lipinski definition) is 1. The summed E-state index contributed by atoms with van der Waals surface area (Å²) in [4.78, 5) is 36.9. The first-order valence-corrected chi connectivity index (χ1v) is 8.71. The SMILES string of the molecule is CCOC(=O)C1=C(O)C(=O)N(c2ccc([N+](=O)[O-])cc2)[C@@H]1c1ccc(OC)cc1. The lowest BCUT2D eigenvalue weighted by Crippen LogP contribution is -2.31. The first-order valence-electron chi connectivity index (χ1n) is 8.71. The molecule has 0 fully saturated rings. The fraction of sp³-hybridized carbons (Fsp3) is 0.200. The highest BCUT2D eigenvalue weighted by atomic mass is 16.6. The molecular weight excluding hydrogens is 380 g/mol. The fourth-order valence-corrected chi connectivity index (χ4v) is 3.13. The van der Waals surface area contributed by atoms with Crippen LogP contribution in [-0.4, -0.2) is 35.6 Å². The van der Waals surface area contributed by atoms with E-state index in [1.807, 2.05) is 0 Å². The summed E-state index contributed by atoms with van der Waals surface area (Å²) in [5.74, 6) is -1.76. The van der Waals surface area contributed by atoms with E-state index in [1.54, 1.807) is 31.2 Å². The minimum Gasteiger partial charge on any atom is -0.503 e. The second-order valence-electron chi connectivity index (χ2n) is 6.11. The molecule has 0 bridgehead atoms. The lowest BCUT2D eigenvalue weighted by atomic mass is 9.98. The molecule has 9 heteroatoms. The number of carbonyl (C=O) groups is 2. The number of hydrogen-bond acceptors (Lipinski definition) is 7. The van der Waals surface area contributed by atoms with Gasteiger partial charge in [-0.25, -0.2) is 4.79 Å². The molecule has 0 aliphatic carbocycles. The number of nitro benzene ring substituents is 1. The summed E-state index contributed by atoms with van der Waals surface area (Å²) < 4.78 is 10.2. The summed E-state index contributed by atoms with van der Waals surface area (Å²) in [5, 5.41) is 21.3. The molecule has 0 spiro atoms. The van der Waals surface area contributed by atoms with Gasteiger partial charge in [0, 0.05) is 17.8 Å². The van der Waals surface area contributed by atoms with Gasteiger partial charge < -0.3 is 14.6 Å². The molecule has 0 saturated heterocycles. The maximum absolute atomic E-state index is 12.8. The first-order chi connectivity index (χ1) is 13.9. The average Bonchev–Trinajstić information content (AvgIpc) is 2.99. The molecule has 3 rings (SSSR count). The number of ether oxygens (including phenoxy) is 2. The van der Waals surface area contributed by atoms with Crippen molar-refractivity contribution in [1.29, 1.82) is 0 Å². The maximum atomic E-state index is 12.8. The van der Waals surface area contributed by atoms with Crippen LogP contribution >= 0.6 is 0 Å². The second kappa shape index (κ2) is 8.01. The summed E-state index contributed by atoms with van der Waals surface area (Å²) >= 11 is 0. The molecule has 1 aliphatic heterocycles. The van der Waals surface area contributed by atoms with E-state index >= 15 is 0 Å². The monoisotopic (exact) mass is 398 g/mol. The predicted molar refractivity (Wildman–Crippen MR) is 103 cm³/mol. The molecule has 1 amide bonds. The molecule has 0 unspecified atom stereocenters. The lowest BCUT2D eigenvalue weighted by molar-refractivity contribution is -0.384. The quantitative estimate of drug-likeness (QED) is 0.451. The van der Waals surface area contributed by atoms with E-state index in [9.17, 15) is 24.8 Å². The average molecular weight is 398 g/mol. The Balaban J connectivity index is 2.11. The van der Waals surface area contributed by atoms with Gasteiger partial charge in [0.25, 0.3) is 11.6 Å². The Hall–Kier alpha value is -3.88. The van der Waals surface area contributed by atoms with Crippen molar-refractivity contribution in [3.63, 3.8) is 0 Å². The Bertz CT molecular complexity index is 981. The zero-order chi connectivity index (χ0) is 21.1. The fourth-order valence-electron chi connectivity index (χ4n) is 3.13. The van der Waals surface area contributed by atoms with E-state index in [-0.39, 0.29) is 23.6 Å². The van der Waals surface area contributed by atoms with E-state index in [1.165, 1.54) is 36.3 Å². The molecule has 1 atom stereocenters. The molecule has 2 aromatic carbocycles. The Morgan fingerprint density at radius 2 is 1.79 bits per heavy atom. The van der Waals surface area contributed by atoms with Crippen LogP contribution in [0.4, 0.5) is 11.4 Å². The number of carbonyl (C=O) groups excluding carboxylic acids is 2.